The zero-order valence-corrected chi connectivity index (χ0v) is 12.6. The van der Waals surface area contributed by atoms with Crippen LogP contribution in [0.25, 0.3) is 0 Å². The first-order chi connectivity index (χ1) is 9.97. The first-order valence-corrected chi connectivity index (χ1v) is 6.82. The van der Waals surface area contributed by atoms with E-state index in [1.165, 1.54) is 4.90 Å². The minimum atomic E-state index is -0.0576. The van der Waals surface area contributed by atoms with Gasteiger partial charge < -0.3 is 16.0 Å². The van der Waals surface area contributed by atoms with Gasteiger partial charge in [-0.2, -0.15) is 5.10 Å². The van der Waals surface area contributed by atoms with Crippen LogP contribution in [0.2, 0.25) is 0 Å². The minimum Gasteiger partial charge on any atom is -0.397 e. The number of benzene rings is 1. The van der Waals surface area contributed by atoms with Crippen molar-refractivity contribution in [1.82, 2.24) is 14.7 Å². The maximum absolute atomic E-state index is 11.9. The molecule has 0 aliphatic heterocycles. The van der Waals surface area contributed by atoms with Crippen LogP contribution >= 0.6 is 0 Å². The predicted molar refractivity (Wildman–Crippen MR) is 84.2 cm³/mol. The fourth-order valence-electron chi connectivity index (χ4n) is 2.09. The molecule has 6 heteroatoms. The van der Waals surface area contributed by atoms with Crippen LogP contribution in [0.4, 0.5) is 11.4 Å². The molecule has 1 unspecified atom stereocenters. The van der Waals surface area contributed by atoms with Gasteiger partial charge in [-0.05, 0) is 31.2 Å². The number of nitrogens with two attached hydrogens (primary N) is 1. The van der Waals surface area contributed by atoms with Crippen LogP contribution in [0.15, 0.2) is 36.7 Å². The van der Waals surface area contributed by atoms with Crippen molar-refractivity contribution < 1.29 is 4.79 Å². The Morgan fingerprint density at radius 3 is 2.81 bits per heavy atom. The first-order valence-electron chi connectivity index (χ1n) is 6.82. The fraction of sp³-hybridized carbons (Fsp3) is 0.333. The van der Waals surface area contributed by atoms with E-state index in [1.54, 1.807) is 32.4 Å². The van der Waals surface area contributed by atoms with Crippen molar-refractivity contribution in [1.29, 1.82) is 0 Å². The second-order valence-electron chi connectivity index (χ2n) is 5.28. The summed E-state index contributed by atoms with van der Waals surface area (Å²) in [6, 6.07) is 7.38. The second-order valence-corrected chi connectivity index (χ2v) is 5.28. The Hall–Kier alpha value is -2.50. The molecule has 1 aromatic carbocycles. The minimum absolute atomic E-state index is 0.0576. The molecule has 0 aliphatic rings. The molecule has 1 heterocycles. The zero-order chi connectivity index (χ0) is 15.4. The Morgan fingerprint density at radius 1 is 1.48 bits per heavy atom. The normalized spacial score (nSPS) is 12.0. The van der Waals surface area contributed by atoms with Crippen molar-refractivity contribution in [3.8, 4) is 0 Å². The molecule has 0 bridgehead atoms. The number of anilines is 2. The standard InChI is InChI=1S/C15H21N5O/c1-11(10-20-8-4-7-17-20)18-14-6-5-12(9-13(14)16)15(21)19(2)3/h4-9,11,18H,10,16H2,1-3H3. The lowest BCUT2D eigenvalue weighted by atomic mass is 10.1. The third kappa shape index (κ3) is 3.75. The Morgan fingerprint density at radius 2 is 2.24 bits per heavy atom. The number of aromatic nitrogens is 2. The molecule has 3 N–H and O–H groups in total. The molecule has 1 amide bonds. The molecule has 2 aromatic rings. The van der Waals surface area contributed by atoms with Gasteiger partial charge in [0.05, 0.1) is 17.9 Å². The lowest BCUT2D eigenvalue weighted by Crippen LogP contribution is -2.24. The van der Waals surface area contributed by atoms with Crippen LogP contribution in [-0.4, -0.2) is 40.7 Å². The molecule has 0 radical (unpaired) electrons. The highest BCUT2D eigenvalue weighted by molar-refractivity contribution is 5.95. The molecule has 0 spiro atoms. The van der Waals surface area contributed by atoms with Gasteiger partial charge in [-0.1, -0.05) is 0 Å². The van der Waals surface area contributed by atoms with Crippen molar-refractivity contribution >= 4 is 17.3 Å². The third-order valence-corrected chi connectivity index (χ3v) is 3.13. The quantitative estimate of drug-likeness (QED) is 0.820. The molecule has 112 valence electrons. The molecule has 0 saturated carbocycles. The van der Waals surface area contributed by atoms with Gasteiger partial charge in [0.15, 0.2) is 0 Å². The molecule has 6 nitrogen and oxygen atoms in total. The number of carbonyl (C=O) groups is 1. The number of nitrogens with zero attached hydrogens (tertiary/aromatic N) is 3. The van der Waals surface area contributed by atoms with Gasteiger partial charge in [0.1, 0.15) is 0 Å². The van der Waals surface area contributed by atoms with Crippen LogP contribution in [0.5, 0.6) is 0 Å². The van der Waals surface area contributed by atoms with Crippen molar-refractivity contribution in [2.24, 2.45) is 0 Å². The summed E-state index contributed by atoms with van der Waals surface area (Å²) in [6.07, 6.45) is 3.67. The Labute approximate surface area is 124 Å². The summed E-state index contributed by atoms with van der Waals surface area (Å²) >= 11 is 0. The van der Waals surface area contributed by atoms with Crippen LogP contribution in [0.3, 0.4) is 0 Å². The van der Waals surface area contributed by atoms with E-state index in [1.807, 2.05) is 23.0 Å². The molecule has 1 atom stereocenters. The number of rotatable bonds is 5. The smallest absolute Gasteiger partial charge is 0.253 e. The SMILES string of the molecule is CC(Cn1cccn1)Nc1ccc(C(=O)N(C)C)cc1N. The summed E-state index contributed by atoms with van der Waals surface area (Å²) in [5.74, 6) is -0.0576. The lowest BCUT2D eigenvalue weighted by molar-refractivity contribution is 0.0827. The Balaban J connectivity index is 2.05. The summed E-state index contributed by atoms with van der Waals surface area (Å²) < 4.78 is 1.86. The average Bonchev–Trinajstić information content (AvgIpc) is 2.92. The number of carbonyl (C=O) groups excluding carboxylic acids is 1. The number of hydrogen-bond donors (Lipinski definition) is 2. The van der Waals surface area contributed by atoms with Crippen LogP contribution in [0.1, 0.15) is 17.3 Å². The predicted octanol–water partition coefficient (Wildman–Crippen LogP) is 1.67. The van der Waals surface area contributed by atoms with Gasteiger partial charge in [0.2, 0.25) is 0 Å². The summed E-state index contributed by atoms with van der Waals surface area (Å²) in [4.78, 5) is 13.4. The molecule has 0 aliphatic carbocycles. The second kappa shape index (κ2) is 6.30. The molecule has 2 rings (SSSR count). The van der Waals surface area contributed by atoms with Crippen molar-refractivity contribution in [2.45, 2.75) is 19.5 Å². The summed E-state index contributed by atoms with van der Waals surface area (Å²) in [6.45, 7) is 2.80. The maximum atomic E-state index is 11.9. The van der Waals surface area contributed by atoms with E-state index in [0.29, 0.717) is 11.3 Å². The lowest BCUT2D eigenvalue weighted by Gasteiger charge is -2.18. The summed E-state index contributed by atoms with van der Waals surface area (Å²) in [5, 5.41) is 7.51. The van der Waals surface area contributed by atoms with Gasteiger partial charge in [-0.3, -0.25) is 9.48 Å². The van der Waals surface area contributed by atoms with Gasteiger partial charge >= 0.3 is 0 Å². The number of hydrogen-bond acceptors (Lipinski definition) is 4. The van der Waals surface area contributed by atoms with Crippen molar-refractivity contribution in [3.63, 3.8) is 0 Å². The van der Waals surface area contributed by atoms with E-state index in [-0.39, 0.29) is 11.9 Å². The Kier molecular flexibility index (Phi) is 4.47. The van der Waals surface area contributed by atoms with E-state index in [9.17, 15) is 4.79 Å². The first kappa shape index (κ1) is 14.9. The van der Waals surface area contributed by atoms with E-state index in [4.69, 9.17) is 5.73 Å². The van der Waals surface area contributed by atoms with Crippen molar-refractivity contribution in [2.75, 3.05) is 25.1 Å². The highest BCUT2D eigenvalue weighted by Gasteiger charge is 2.11. The number of nitrogens with one attached hydrogen (secondary N) is 1. The largest absolute Gasteiger partial charge is 0.397 e. The fourth-order valence-corrected chi connectivity index (χ4v) is 2.09. The van der Waals surface area contributed by atoms with E-state index >= 15 is 0 Å². The van der Waals surface area contributed by atoms with Crippen LogP contribution in [-0.2, 0) is 6.54 Å². The van der Waals surface area contributed by atoms with Gasteiger partial charge in [-0.15, -0.1) is 0 Å². The van der Waals surface area contributed by atoms with E-state index < -0.39 is 0 Å². The topological polar surface area (TPSA) is 76.2 Å². The van der Waals surface area contributed by atoms with Gasteiger partial charge in [0, 0.05) is 38.1 Å². The highest BCUT2D eigenvalue weighted by Crippen LogP contribution is 2.21. The molecular formula is C15H21N5O. The summed E-state index contributed by atoms with van der Waals surface area (Å²) in [7, 11) is 3.44. The van der Waals surface area contributed by atoms with Crippen LogP contribution < -0.4 is 11.1 Å². The summed E-state index contributed by atoms with van der Waals surface area (Å²) in [5.41, 5.74) is 8.00. The van der Waals surface area contributed by atoms with E-state index in [2.05, 4.69) is 17.3 Å². The molecule has 21 heavy (non-hydrogen) atoms. The Bertz CT molecular complexity index is 607. The van der Waals surface area contributed by atoms with Crippen LogP contribution in [0, 0.1) is 0 Å². The van der Waals surface area contributed by atoms with E-state index in [0.717, 1.165) is 12.2 Å². The molecule has 1 aromatic heterocycles. The van der Waals surface area contributed by atoms with Gasteiger partial charge in [0.25, 0.3) is 5.91 Å². The maximum Gasteiger partial charge on any atom is 0.253 e. The zero-order valence-electron chi connectivity index (χ0n) is 12.6. The molecule has 0 saturated heterocycles. The molecule has 0 fully saturated rings. The monoisotopic (exact) mass is 287 g/mol. The molecular weight excluding hydrogens is 266 g/mol. The number of nitrogen functional groups attached to an aromatic ring is 1. The average molecular weight is 287 g/mol. The van der Waals surface area contributed by atoms with Crippen molar-refractivity contribution in [3.05, 3.63) is 42.2 Å². The number of amides is 1. The highest BCUT2D eigenvalue weighted by atomic mass is 16.2. The van der Waals surface area contributed by atoms with Gasteiger partial charge in [-0.25, -0.2) is 0 Å². The third-order valence-electron chi connectivity index (χ3n) is 3.13.